The van der Waals surface area contributed by atoms with Crippen molar-refractivity contribution < 1.29 is 4.79 Å². The number of carbonyl (C=O) groups is 1. The SMILES string of the molecule is C=C/C(CC)=C(\C=C\c1cnn(CC=O)c1)NC. The summed E-state index contributed by atoms with van der Waals surface area (Å²) in [5.41, 5.74) is 3.16. The normalized spacial score (nSPS) is 12.3. The molecule has 0 radical (unpaired) electrons. The second-order valence-corrected chi connectivity index (χ2v) is 3.74. The Kier molecular flexibility index (Phi) is 5.64. The van der Waals surface area contributed by atoms with Crippen LogP contribution < -0.4 is 5.32 Å². The fraction of sp³-hybridized carbons (Fsp3) is 0.286. The van der Waals surface area contributed by atoms with Crippen LogP contribution in [0.4, 0.5) is 0 Å². The molecule has 1 heterocycles. The summed E-state index contributed by atoms with van der Waals surface area (Å²) < 4.78 is 1.60. The van der Waals surface area contributed by atoms with E-state index in [2.05, 4.69) is 23.9 Å². The van der Waals surface area contributed by atoms with Crippen LogP contribution in [-0.4, -0.2) is 23.1 Å². The Morgan fingerprint density at radius 1 is 1.61 bits per heavy atom. The Hall–Kier alpha value is -2.10. The highest BCUT2D eigenvalue weighted by Gasteiger charge is 1.97. The van der Waals surface area contributed by atoms with E-state index in [0.29, 0.717) is 0 Å². The number of hydrogen-bond donors (Lipinski definition) is 1. The van der Waals surface area contributed by atoms with Crippen molar-refractivity contribution in [1.82, 2.24) is 15.1 Å². The summed E-state index contributed by atoms with van der Waals surface area (Å²) in [5.74, 6) is 0. The van der Waals surface area contributed by atoms with Gasteiger partial charge in [-0.2, -0.15) is 5.10 Å². The largest absolute Gasteiger partial charge is 0.388 e. The van der Waals surface area contributed by atoms with E-state index in [0.717, 1.165) is 29.5 Å². The molecule has 0 saturated heterocycles. The van der Waals surface area contributed by atoms with Gasteiger partial charge < -0.3 is 10.1 Å². The molecule has 0 aliphatic heterocycles. The molecule has 18 heavy (non-hydrogen) atoms. The smallest absolute Gasteiger partial charge is 0.141 e. The van der Waals surface area contributed by atoms with Gasteiger partial charge in [-0.05, 0) is 24.1 Å². The number of likely N-dealkylation sites (N-methyl/N-ethyl adjacent to an activating group) is 1. The number of nitrogens with zero attached hydrogens (tertiary/aromatic N) is 2. The lowest BCUT2D eigenvalue weighted by atomic mass is 10.1. The quantitative estimate of drug-likeness (QED) is 0.591. The molecular weight excluding hydrogens is 226 g/mol. The summed E-state index contributed by atoms with van der Waals surface area (Å²) in [6.45, 7) is 6.17. The minimum Gasteiger partial charge on any atom is -0.388 e. The lowest BCUT2D eigenvalue weighted by Crippen LogP contribution is -2.05. The molecule has 0 spiro atoms. The molecule has 0 amide bonds. The van der Waals surface area contributed by atoms with Crippen molar-refractivity contribution in [3.05, 3.63) is 48.0 Å². The van der Waals surface area contributed by atoms with E-state index in [-0.39, 0.29) is 6.54 Å². The molecule has 1 aromatic heterocycles. The van der Waals surface area contributed by atoms with Gasteiger partial charge in [0.25, 0.3) is 0 Å². The van der Waals surface area contributed by atoms with E-state index < -0.39 is 0 Å². The molecule has 0 fully saturated rings. The summed E-state index contributed by atoms with van der Waals surface area (Å²) in [4.78, 5) is 10.4. The first kappa shape index (κ1) is 14.0. The van der Waals surface area contributed by atoms with E-state index in [4.69, 9.17) is 0 Å². The summed E-state index contributed by atoms with van der Waals surface area (Å²) >= 11 is 0. The third-order valence-corrected chi connectivity index (χ3v) is 2.60. The molecule has 0 aliphatic rings. The van der Waals surface area contributed by atoms with Gasteiger partial charge in [-0.15, -0.1) is 0 Å². The van der Waals surface area contributed by atoms with Gasteiger partial charge in [0.1, 0.15) is 6.29 Å². The highest BCUT2D eigenvalue weighted by Crippen LogP contribution is 2.10. The third-order valence-electron chi connectivity index (χ3n) is 2.60. The van der Waals surface area contributed by atoms with Crippen LogP contribution in [0.15, 0.2) is 42.4 Å². The zero-order chi connectivity index (χ0) is 13.4. The lowest BCUT2D eigenvalue weighted by Gasteiger charge is -2.05. The number of rotatable bonds is 7. The zero-order valence-corrected chi connectivity index (χ0v) is 10.9. The van der Waals surface area contributed by atoms with Crippen molar-refractivity contribution in [3.8, 4) is 0 Å². The van der Waals surface area contributed by atoms with Crippen LogP contribution in [0.1, 0.15) is 18.9 Å². The van der Waals surface area contributed by atoms with Crippen molar-refractivity contribution in [3.63, 3.8) is 0 Å². The number of allylic oxidation sites excluding steroid dienone is 3. The maximum Gasteiger partial charge on any atom is 0.141 e. The van der Waals surface area contributed by atoms with E-state index in [1.165, 1.54) is 0 Å². The molecule has 0 bridgehead atoms. The molecule has 0 saturated carbocycles. The van der Waals surface area contributed by atoms with E-state index in [1.807, 2.05) is 31.5 Å². The molecule has 0 aliphatic carbocycles. The number of carbonyl (C=O) groups excluding carboxylic acids is 1. The molecule has 0 aromatic carbocycles. The summed E-state index contributed by atoms with van der Waals surface area (Å²) in [7, 11) is 1.88. The minimum atomic E-state index is 0.287. The van der Waals surface area contributed by atoms with Gasteiger partial charge in [-0.1, -0.05) is 19.6 Å². The van der Waals surface area contributed by atoms with Gasteiger partial charge in [-0.25, -0.2) is 0 Å². The van der Waals surface area contributed by atoms with Crippen molar-refractivity contribution in [2.45, 2.75) is 19.9 Å². The lowest BCUT2D eigenvalue weighted by molar-refractivity contribution is -0.108. The zero-order valence-electron chi connectivity index (χ0n) is 10.9. The second kappa shape index (κ2) is 7.27. The topological polar surface area (TPSA) is 46.9 Å². The second-order valence-electron chi connectivity index (χ2n) is 3.74. The van der Waals surface area contributed by atoms with Gasteiger partial charge in [0.15, 0.2) is 0 Å². The van der Waals surface area contributed by atoms with Crippen LogP contribution in [0.25, 0.3) is 6.08 Å². The average Bonchev–Trinajstić information content (AvgIpc) is 2.83. The molecule has 4 nitrogen and oxygen atoms in total. The van der Waals surface area contributed by atoms with Crippen LogP contribution in [-0.2, 0) is 11.3 Å². The van der Waals surface area contributed by atoms with Gasteiger partial charge in [-0.3, -0.25) is 4.68 Å². The van der Waals surface area contributed by atoms with Gasteiger partial charge in [0, 0.05) is 24.5 Å². The number of nitrogens with one attached hydrogen (secondary N) is 1. The van der Waals surface area contributed by atoms with E-state index in [1.54, 1.807) is 10.9 Å². The number of aldehydes is 1. The molecule has 1 rings (SSSR count). The number of aromatic nitrogens is 2. The van der Waals surface area contributed by atoms with Crippen LogP contribution in [0, 0.1) is 0 Å². The standard InChI is InChI=1S/C14H19N3O/c1-4-13(5-2)14(15-3)7-6-12-10-16-17(11-12)8-9-18/h4,6-7,9-11,15H,1,5,8H2,2-3H3/b7-6+,14-13-. The first-order valence-electron chi connectivity index (χ1n) is 5.92. The first-order chi connectivity index (χ1) is 8.74. The molecule has 4 heteroatoms. The van der Waals surface area contributed by atoms with E-state index in [9.17, 15) is 4.79 Å². The molecule has 96 valence electrons. The fourth-order valence-electron chi connectivity index (χ4n) is 1.62. The van der Waals surface area contributed by atoms with Crippen molar-refractivity contribution in [1.29, 1.82) is 0 Å². The average molecular weight is 245 g/mol. The van der Waals surface area contributed by atoms with Crippen LogP contribution in [0.2, 0.25) is 0 Å². The minimum absolute atomic E-state index is 0.287. The van der Waals surface area contributed by atoms with Gasteiger partial charge in [0.2, 0.25) is 0 Å². The Bertz CT molecular complexity index is 469. The Morgan fingerprint density at radius 3 is 2.94 bits per heavy atom. The van der Waals surface area contributed by atoms with Gasteiger partial charge in [0.05, 0.1) is 12.7 Å². The summed E-state index contributed by atoms with van der Waals surface area (Å²) in [5, 5.41) is 7.22. The molecule has 1 N–H and O–H groups in total. The van der Waals surface area contributed by atoms with Crippen LogP contribution in [0.5, 0.6) is 0 Å². The summed E-state index contributed by atoms with van der Waals surface area (Å²) in [6.07, 6.45) is 11.1. The predicted octanol–water partition coefficient (Wildman–Crippen LogP) is 2.16. The maximum absolute atomic E-state index is 10.4. The third kappa shape index (κ3) is 3.73. The Balaban J connectivity index is 2.86. The van der Waals surface area contributed by atoms with Crippen molar-refractivity contribution in [2.75, 3.05) is 7.05 Å². The Morgan fingerprint density at radius 2 is 2.39 bits per heavy atom. The molecule has 0 atom stereocenters. The monoisotopic (exact) mass is 245 g/mol. The maximum atomic E-state index is 10.4. The van der Waals surface area contributed by atoms with Crippen LogP contribution >= 0.6 is 0 Å². The van der Waals surface area contributed by atoms with E-state index >= 15 is 0 Å². The highest BCUT2D eigenvalue weighted by atomic mass is 16.1. The molecule has 1 aromatic rings. The molecule has 0 unspecified atom stereocenters. The fourth-order valence-corrected chi connectivity index (χ4v) is 1.62. The van der Waals surface area contributed by atoms with Gasteiger partial charge >= 0.3 is 0 Å². The first-order valence-corrected chi connectivity index (χ1v) is 5.92. The molecular formula is C14H19N3O. The summed E-state index contributed by atoms with van der Waals surface area (Å²) in [6, 6.07) is 0. The van der Waals surface area contributed by atoms with Crippen LogP contribution in [0.3, 0.4) is 0 Å². The highest BCUT2D eigenvalue weighted by molar-refractivity contribution is 5.53. The Labute approximate surface area is 108 Å². The van der Waals surface area contributed by atoms with Crippen molar-refractivity contribution >= 4 is 12.4 Å². The number of hydrogen-bond acceptors (Lipinski definition) is 3. The van der Waals surface area contributed by atoms with Crippen molar-refractivity contribution in [2.24, 2.45) is 0 Å². The predicted molar refractivity (Wildman–Crippen MR) is 73.9 cm³/mol.